The van der Waals surface area contributed by atoms with Gasteiger partial charge in [-0.3, -0.25) is 19.3 Å². The van der Waals surface area contributed by atoms with Crippen LogP contribution in [0.15, 0.2) is 0 Å². The number of hydrogen-bond donors (Lipinski definition) is 1. The van der Waals surface area contributed by atoms with Crippen LogP contribution in [0.2, 0.25) is 0 Å². The van der Waals surface area contributed by atoms with Crippen LogP contribution in [0.25, 0.3) is 0 Å². The highest BCUT2D eigenvalue weighted by atomic mass is 32.1. The van der Waals surface area contributed by atoms with E-state index < -0.39 is 35.2 Å². The number of fused-ring (bicyclic) bond motifs is 2. The Morgan fingerprint density at radius 2 is 1.82 bits per heavy atom. The van der Waals surface area contributed by atoms with E-state index in [9.17, 15) is 24.0 Å². The van der Waals surface area contributed by atoms with Gasteiger partial charge in [-0.05, 0) is 51.5 Å². The highest BCUT2D eigenvalue weighted by molar-refractivity contribution is 7.18. The molecule has 0 spiro atoms. The lowest BCUT2D eigenvalue weighted by Gasteiger charge is -2.47. The molecule has 9 nitrogen and oxygen atoms in total. The van der Waals surface area contributed by atoms with Gasteiger partial charge in [0.25, 0.3) is 0 Å². The highest BCUT2D eigenvalue weighted by Gasteiger charge is 2.64. The smallest absolute Gasteiger partial charge is 0.348 e. The minimum Gasteiger partial charge on any atom is -0.462 e. The number of nitrogens with one attached hydrogen (secondary N) is 1. The standard InChI is InChI=1S/C24H32N2O7S/c1-8-32-20(29)16-13(4)17(21(30)33-12(2)3)34-18(16)25-15(27)11-26-19(28)14-9-10-24(7,22(26)31)23(14,5)6/h12,14H,8-11H2,1-7H3,(H,25,27). The number of hydrogen-bond acceptors (Lipinski definition) is 8. The number of piperidine rings is 1. The van der Waals surface area contributed by atoms with Crippen LogP contribution in [-0.4, -0.2) is 53.8 Å². The van der Waals surface area contributed by atoms with Gasteiger partial charge in [0, 0.05) is 5.92 Å². The second-order valence-electron chi connectivity index (χ2n) is 9.86. The largest absolute Gasteiger partial charge is 0.462 e. The minimum absolute atomic E-state index is 0.0559. The van der Waals surface area contributed by atoms with Gasteiger partial charge in [0.2, 0.25) is 17.7 Å². The van der Waals surface area contributed by atoms with E-state index in [-0.39, 0.29) is 45.9 Å². The Labute approximate surface area is 203 Å². The van der Waals surface area contributed by atoms with Crippen LogP contribution in [0.4, 0.5) is 5.00 Å². The van der Waals surface area contributed by atoms with Crippen molar-refractivity contribution < 1.29 is 33.4 Å². The van der Waals surface area contributed by atoms with Crippen molar-refractivity contribution in [2.45, 2.75) is 67.4 Å². The summed E-state index contributed by atoms with van der Waals surface area (Å²) in [6, 6.07) is 0. The average molecular weight is 493 g/mol. The van der Waals surface area contributed by atoms with Gasteiger partial charge in [0.05, 0.1) is 23.7 Å². The Morgan fingerprint density at radius 3 is 2.41 bits per heavy atom. The van der Waals surface area contributed by atoms with E-state index in [1.54, 1.807) is 27.7 Å². The molecular formula is C24H32N2O7S. The van der Waals surface area contributed by atoms with Crippen molar-refractivity contribution >= 4 is 46.0 Å². The first-order valence-electron chi connectivity index (χ1n) is 11.4. The number of amides is 3. The molecular weight excluding hydrogens is 460 g/mol. The third kappa shape index (κ3) is 4.12. The summed E-state index contributed by atoms with van der Waals surface area (Å²) in [5.41, 5.74) is -0.820. The first-order valence-corrected chi connectivity index (χ1v) is 12.2. The van der Waals surface area contributed by atoms with Gasteiger partial charge >= 0.3 is 11.9 Å². The summed E-state index contributed by atoms with van der Waals surface area (Å²) in [5.74, 6) is -2.99. The van der Waals surface area contributed by atoms with Crippen LogP contribution in [0.1, 0.15) is 80.0 Å². The number of likely N-dealkylation sites (tertiary alicyclic amines) is 1. The number of imide groups is 1. The number of nitrogens with zero attached hydrogens (tertiary/aromatic N) is 1. The molecule has 3 rings (SSSR count). The van der Waals surface area contributed by atoms with Crippen LogP contribution in [0.3, 0.4) is 0 Å². The monoisotopic (exact) mass is 492 g/mol. The molecule has 1 aromatic rings. The van der Waals surface area contributed by atoms with Gasteiger partial charge in [0.1, 0.15) is 16.4 Å². The van der Waals surface area contributed by atoms with Crippen molar-refractivity contribution in [3.8, 4) is 0 Å². The summed E-state index contributed by atoms with van der Waals surface area (Å²) in [4.78, 5) is 65.5. The normalized spacial score (nSPS) is 23.3. The maximum Gasteiger partial charge on any atom is 0.348 e. The third-order valence-electron chi connectivity index (χ3n) is 7.22. The molecule has 186 valence electrons. The van der Waals surface area contributed by atoms with E-state index >= 15 is 0 Å². The van der Waals surface area contributed by atoms with Crippen molar-refractivity contribution in [3.63, 3.8) is 0 Å². The van der Waals surface area contributed by atoms with E-state index in [1.165, 1.54) is 0 Å². The van der Waals surface area contributed by atoms with Gasteiger partial charge in [-0.1, -0.05) is 20.8 Å². The van der Waals surface area contributed by atoms with Crippen LogP contribution in [0.5, 0.6) is 0 Å². The number of rotatable bonds is 7. The number of anilines is 1. The Balaban J connectivity index is 1.87. The number of carbonyl (C=O) groups excluding carboxylic acids is 5. The minimum atomic E-state index is -0.727. The molecule has 2 atom stereocenters. The van der Waals surface area contributed by atoms with E-state index in [4.69, 9.17) is 9.47 Å². The SMILES string of the molecule is CCOC(=O)c1c(NC(=O)CN2C(=O)C3CCC(C)(C2=O)C3(C)C)sc(C(=O)OC(C)C)c1C. The summed E-state index contributed by atoms with van der Waals surface area (Å²) in [6.07, 6.45) is 0.825. The summed E-state index contributed by atoms with van der Waals surface area (Å²) in [5, 5.41) is 2.73. The summed E-state index contributed by atoms with van der Waals surface area (Å²) >= 11 is 0.899. The lowest BCUT2D eigenvalue weighted by atomic mass is 9.62. The molecule has 2 heterocycles. The molecule has 2 aliphatic rings. The van der Waals surface area contributed by atoms with Gasteiger partial charge in [-0.25, -0.2) is 9.59 Å². The van der Waals surface area contributed by atoms with Crippen molar-refractivity contribution in [1.82, 2.24) is 4.90 Å². The van der Waals surface area contributed by atoms with E-state index in [0.717, 1.165) is 16.2 Å². The topological polar surface area (TPSA) is 119 Å². The Hall–Kier alpha value is -2.75. The van der Waals surface area contributed by atoms with Crippen molar-refractivity contribution in [2.24, 2.45) is 16.7 Å². The Bertz CT molecular complexity index is 1060. The molecule has 2 fully saturated rings. The predicted octanol–water partition coefficient (Wildman–Crippen LogP) is 3.55. The second-order valence-corrected chi connectivity index (χ2v) is 10.9. The van der Waals surface area contributed by atoms with Crippen LogP contribution < -0.4 is 5.32 Å². The summed E-state index contributed by atoms with van der Waals surface area (Å²) in [7, 11) is 0. The van der Waals surface area contributed by atoms with Gasteiger partial charge in [0.15, 0.2) is 0 Å². The highest BCUT2D eigenvalue weighted by Crippen LogP contribution is 2.60. The maximum absolute atomic E-state index is 13.2. The first kappa shape index (κ1) is 25.9. The first-order chi connectivity index (χ1) is 15.8. The zero-order valence-corrected chi connectivity index (χ0v) is 21.5. The number of ether oxygens (including phenoxy) is 2. The van der Waals surface area contributed by atoms with Gasteiger partial charge in [-0.15, -0.1) is 11.3 Å². The number of carbonyl (C=O) groups is 5. The summed E-state index contributed by atoms with van der Waals surface area (Å²) in [6.45, 7) is 12.0. The molecule has 1 saturated carbocycles. The number of thiophene rings is 1. The molecule has 1 aliphatic heterocycles. The van der Waals surface area contributed by atoms with E-state index in [0.29, 0.717) is 18.4 Å². The molecule has 3 amide bonds. The molecule has 0 radical (unpaired) electrons. The Morgan fingerprint density at radius 1 is 1.18 bits per heavy atom. The molecule has 1 aliphatic carbocycles. The fourth-order valence-electron chi connectivity index (χ4n) is 4.87. The lowest BCUT2D eigenvalue weighted by Crippen LogP contribution is -2.60. The molecule has 0 aromatic carbocycles. The van der Waals surface area contributed by atoms with Gasteiger partial charge < -0.3 is 14.8 Å². The second kappa shape index (κ2) is 9.13. The van der Waals surface area contributed by atoms with Crippen molar-refractivity contribution in [1.29, 1.82) is 0 Å². The molecule has 1 aromatic heterocycles. The van der Waals surface area contributed by atoms with E-state index in [2.05, 4.69) is 5.32 Å². The quantitative estimate of drug-likeness (QED) is 0.457. The van der Waals surface area contributed by atoms with Crippen molar-refractivity contribution in [2.75, 3.05) is 18.5 Å². The fraction of sp³-hybridized carbons (Fsp3) is 0.625. The average Bonchev–Trinajstić information content (AvgIpc) is 3.14. The van der Waals surface area contributed by atoms with Crippen LogP contribution in [-0.2, 0) is 23.9 Å². The zero-order valence-electron chi connectivity index (χ0n) is 20.7. The number of esters is 2. The van der Waals surface area contributed by atoms with Crippen LogP contribution >= 0.6 is 11.3 Å². The van der Waals surface area contributed by atoms with Crippen molar-refractivity contribution in [3.05, 3.63) is 16.0 Å². The van der Waals surface area contributed by atoms with E-state index in [1.807, 2.05) is 20.8 Å². The lowest BCUT2D eigenvalue weighted by molar-refractivity contribution is -0.168. The molecule has 1 N–H and O–H groups in total. The van der Waals surface area contributed by atoms with Gasteiger partial charge in [-0.2, -0.15) is 0 Å². The third-order valence-corrected chi connectivity index (χ3v) is 8.40. The molecule has 2 bridgehead atoms. The van der Waals surface area contributed by atoms with Crippen LogP contribution in [0, 0.1) is 23.7 Å². The molecule has 34 heavy (non-hydrogen) atoms. The summed E-state index contributed by atoms with van der Waals surface area (Å²) < 4.78 is 10.4. The zero-order chi connectivity index (χ0) is 25.6. The fourth-order valence-corrected chi connectivity index (χ4v) is 5.97. The maximum atomic E-state index is 13.2. The molecule has 10 heteroatoms. The predicted molar refractivity (Wildman–Crippen MR) is 126 cm³/mol. The molecule has 2 unspecified atom stereocenters. The Kier molecular flexibility index (Phi) is 6.94. The molecule has 1 saturated heterocycles.